The second-order valence-corrected chi connectivity index (χ2v) is 4.35. The minimum Gasteiger partial charge on any atom is -0.493 e. The van der Waals surface area contributed by atoms with E-state index >= 15 is 0 Å². The average molecular weight is 310 g/mol. The van der Waals surface area contributed by atoms with Crippen LogP contribution in [0.1, 0.15) is 19.0 Å². The molecule has 1 fully saturated rings. The smallest absolute Gasteiger partial charge is 0.241 e. The van der Waals surface area contributed by atoms with Crippen LogP contribution in [0.25, 0.3) is 0 Å². The van der Waals surface area contributed by atoms with Crippen molar-refractivity contribution in [3.8, 4) is 17.4 Å². The number of rotatable bonds is 4. The molecular weight excluding hydrogens is 290 g/mol. The third kappa shape index (κ3) is 3.62. The van der Waals surface area contributed by atoms with Gasteiger partial charge < -0.3 is 14.8 Å². The second kappa shape index (κ2) is 7.81. The van der Waals surface area contributed by atoms with E-state index in [1.807, 2.05) is 24.3 Å². The fourth-order valence-electron chi connectivity index (χ4n) is 1.98. The molecule has 1 aliphatic rings. The second-order valence-electron chi connectivity index (χ2n) is 4.35. The number of benzene rings is 1. The molecule has 0 atom stereocenters. The number of aromatic nitrogens is 2. The highest BCUT2D eigenvalue weighted by atomic mass is 35.5. The number of hydrogen-bond donors (Lipinski definition) is 1. The number of nitrogens with one attached hydrogen (secondary N) is 1. The van der Waals surface area contributed by atoms with E-state index in [1.54, 1.807) is 19.5 Å². The highest BCUT2D eigenvalue weighted by molar-refractivity contribution is 5.85. The van der Waals surface area contributed by atoms with Crippen molar-refractivity contribution in [3.05, 3.63) is 42.4 Å². The van der Waals surface area contributed by atoms with Crippen LogP contribution in [0.5, 0.6) is 17.4 Å². The van der Waals surface area contributed by atoms with Gasteiger partial charge in [-0.2, -0.15) is 0 Å². The summed E-state index contributed by atoms with van der Waals surface area (Å²) < 4.78 is 11.1. The maximum absolute atomic E-state index is 5.86. The van der Waals surface area contributed by atoms with Crippen molar-refractivity contribution in [2.75, 3.05) is 20.2 Å². The number of ether oxygens (including phenoxy) is 2. The molecule has 114 valence electrons. The lowest BCUT2D eigenvalue weighted by atomic mass is 9.99. The van der Waals surface area contributed by atoms with E-state index in [4.69, 9.17) is 9.47 Å². The number of halogens is 1. The van der Waals surface area contributed by atoms with Gasteiger partial charge in [0.1, 0.15) is 5.69 Å². The van der Waals surface area contributed by atoms with Gasteiger partial charge in [0.25, 0.3) is 0 Å². The van der Waals surface area contributed by atoms with Gasteiger partial charge in [-0.3, -0.25) is 4.98 Å². The molecule has 6 heteroatoms. The Morgan fingerprint density at radius 1 is 1.10 bits per heavy atom. The fourth-order valence-corrected chi connectivity index (χ4v) is 1.98. The first-order chi connectivity index (χ1) is 9.38. The molecule has 0 bridgehead atoms. The summed E-state index contributed by atoms with van der Waals surface area (Å²) in [6.45, 7) is 1.84. The molecule has 0 spiro atoms. The van der Waals surface area contributed by atoms with E-state index in [-0.39, 0.29) is 19.8 Å². The van der Waals surface area contributed by atoms with E-state index in [1.165, 1.54) is 0 Å². The molecule has 0 unspecified atom stereocenters. The van der Waals surface area contributed by atoms with Gasteiger partial charge in [0.2, 0.25) is 5.88 Å². The molecule has 0 aliphatic carbocycles. The Labute approximate surface area is 131 Å². The highest BCUT2D eigenvalue weighted by Gasteiger charge is 2.25. The van der Waals surface area contributed by atoms with Gasteiger partial charge in [-0.25, -0.2) is 4.98 Å². The Morgan fingerprint density at radius 2 is 1.76 bits per heavy atom. The molecule has 0 saturated carbocycles. The Hall–Kier alpha value is -1.85. The zero-order valence-corrected chi connectivity index (χ0v) is 11.9. The summed E-state index contributed by atoms with van der Waals surface area (Å²) >= 11 is 0. The number of para-hydroxylation sites is 2. The SMILES string of the molecule is C.COc1ccccc1Oc1nccnc1C1CNC1.Cl. The summed E-state index contributed by atoms with van der Waals surface area (Å²) in [4.78, 5) is 8.67. The summed E-state index contributed by atoms with van der Waals surface area (Å²) in [5, 5.41) is 3.23. The molecule has 0 radical (unpaired) electrons. The van der Waals surface area contributed by atoms with Gasteiger partial charge in [-0.05, 0) is 12.1 Å². The summed E-state index contributed by atoms with van der Waals surface area (Å²) in [6.07, 6.45) is 3.34. The molecular formula is C15H20ClN3O2. The van der Waals surface area contributed by atoms with Crippen LogP contribution in [0.3, 0.4) is 0 Å². The van der Waals surface area contributed by atoms with Crippen LogP contribution in [0.15, 0.2) is 36.7 Å². The maximum Gasteiger partial charge on any atom is 0.241 e. The summed E-state index contributed by atoms with van der Waals surface area (Å²) in [6, 6.07) is 7.52. The first-order valence-corrected chi connectivity index (χ1v) is 6.21. The number of hydrogen-bond acceptors (Lipinski definition) is 5. The lowest BCUT2D eigenvalue weighted by Gasteiger charge is -2.27. The molecule has 3 rings (SSSR count). The Balaban J connectivity index is 0.00000110. The van der Waals surface area contributed by atoms with E-state index < -0.39 is 0 Å². The van der Waals surface area contributed by atoms with Crippen molar-refractivity contribution in [2.24, 2.45) is 0 Å². The average Bonchev–Trinajstić information content (AvgIpc) is 2.40. The quantitative estimate of drug-likeness (QED) is 0.941. The van der Waals surface area contributed by atoms with Crippen LogP contribution in [-0.4, -0.2) is 30.2 Å². The van der Waals surface area contributed by atoms with Gasteiger partial charge in [0.15, 0.2) is 11.5 Å². The molecule has 1 aromatic carbocycles. The van der Waals surface area contributed by atoms with Crippen molar-refractivity contribution in [3.63, 3.8) is 0 Å². The van der Waals surface area contributed by atoms with Crippen LogP contribution < -0.4 is 14.8 Å². The third-order valence-corrected chi connectivity index (χ3v) is 3.14. The van der Waals surface area contributed by atoms with Gasteiger partial charge in [0, 0.05) is 31.4 Å². The minimum atomic E-state index is 0. The molecule has 2 heterocycles. The van der Waals surface area contributed by atoms with Gasteiger partial charge in [0.05, 0.1) is 7.11 Å². The van der Waals surface area contributed by atoms with E-state index in [0.29, 0.717) is 23.3 Å². The topological polar surface area (TPSA) is 56.3 Å². The Kier molecular flexibility index (Phi) is 6.39. The van der Waals surface area contributed by atoms with Crippen molar-refractivity contribution in [1.29, 1.82) is 0 Å². The van der Waals surface area contributed by atoms with Crippen LogP contribution >= 0.6 is 12.4 Å². The Bertz CT molecular complexity index is 576. The van der Waals surface area contributed by atoms with Crippen LogP contribution in [0.2, 0.25) is 0 Å². The molecule has 5 nitrogen and oxygen atoms in total. The van der Waals surface area contributed by atoms with Crippen molar-refractivity contribution in [1.82, 2.24) is 15.3 Å². The van der Waals surface area contributed by atoms with E-state index in [9.17, 15) is 0 Å². The molecule has 21 heavy (non-hydrogen) atoms. The van der Waals surface area contributed by atoms with Gasteiger partial charge in [-0.15, -0.1) is 12.4 Å². The molecule has 1 aliphatic heterocycles. The highest BCUT2D eigenvalue weighted by Crippen LogP contribution is 2.33. The fraction of sp³-hybridized carbons (Fsp3) is 0.333. The minimum absolute atomic E-state index is 0. The van der Waals surface area contributed by atoms with E-state index in [2.05, 4.69) is 15.3 Å². The molecule has 1 saturated heterocycles. The predicted octanol–water partition coefficient (Wildman–Crippen LogP) is 3.02. The third-order valence-electron chi connectivity index (χ3n) is 3.14. The van der Waals surface area contributed by atoms with Crippen LogP contribution in [0.4, 0.5) is 0 Å². The maximum atomic E-state index is 5.86. The lowest BCUT2D eigenvalue weighted by molar-refractivity contribution is 0.362. The largest absolute Gasteiger partial charge is 0.493 e. The van der Waals surface area contributed by atoms with Crippen molar-refractivity contribution in [2.45, 2.75) is 13.3 Å². The van der Waals surface area contributed by atoms with Crippen molar-refractivity contribution >= 4 is 12.4 Å². The van der Waals surface area contributed by atoms with Crippen LogP contribution in [0, 0.1) is 0 Å². The zero-order valence-electron chi connectivity index (χ0n) is 11.1. The van der Waals surface area contributed by atoms with Crippen molar-refractivity contribution < 1.29 is 9.47 Å². The summed E-state index contributed by atoms with van der Waals surface area (Å²) in [5.74, 6) is 2.27. The molecule has 1 aromatic heterocycles. The molecule has 0 amide bonds. The molecule has 2 aromatic rings. The first-order valence-electron chi connectivity index (χ1n) is 6.21. The monoisotopic (exact) mass is 309 g/mol. The van der Waals surface area contributed by atoms with Gasteiger partial charge >= 0.3 is 0 Å². The normalized spacial score (nSPS) is 13.4. The van der Waals surface area contributed by atoms with E-state index in [0.717, 1.165) is 18.8 Å². The number of methoxy groups -OCH3 is 1. The molecule has 1 N–H and O–H groups in total. The van der Waals surface area contributed by atoms with Gasteiger partial charge in [-0.1, -0.05) is 19.6 Å². The zero-order chi connectivity index (χ0) is 13.1. The summed E-state index contributed by atoms with van der Waals surface area (Å²) in [5.41, 5.74) is 0.896. The summed E-state index contributed by atoms with van der Waals surface area (Å²) in [7, 11) is 1.62. The predicted molar refractivity (Wildman–Crippen MR) is 84.7 cm³/mol. The first kappa shape index (κ1) is 17.2. The number of nitrogens with zero attached hydrogens (tertiary/aromatic N) is 2. The van der Waals surface area contributed by atoms with Crippen LogP contribution in [-0.2, 0) is 0 Å². The standard InChI is InChI=1S/C14H15N3O2.CH4.ClH/c1-18-11-4-2-3-5-12(11)19-14-13(10-8-15-9-10)16-6-7-17-14;;/h2-7,10,15H,8-9H2,1H3;1H4;1H. The Morgan fingerprint density at radius 3 is 2.38 bits per heavy atom. The lowest BCUT2D eigenvalue weighted by Crippen LogP contribution is -2.40.